The second-order valence-corrected chi connectivity index (χ2v) is 8.02. The normalized spacial score (nSPS) is 21.1. The first-order valence-corrected chi connectivity index (χ1v) is 8.94. The smallest absolute Gasteiger partial charge is 0.255 e. The molecule has 0 spiro atoms. The fourth-order valence-corrected chi connectivity index (χ4v) is 3.22. The number of H-pyrrole nitrogens is 1. The number of carbonyl (C=O) groups is 1. The molecule has 25 heavy (non-hydrogen) atoms. The number of halogens is 1. The Morgan fingerprint density at radius 2 is 2.04 bits per heavy atom. The zero-order chi connectivity index (χ0) is 18.0. The Morgan fingerprint density at radius 1 is 1.32 bits per heavy atom. The van der Waals surface area contributed by atoms with E-state index >= 15 is 0 Å². The molecule has 3 rings (SSSR count). The van der Waals surface area contributed by atoms with Gasteiger partial charge < -0.3 is 10.1 Å². The molecule has 0 saturated carbocycles. The first-order chi connectivity index (χ1) is 11.8. The predicted molar refractivity (Wildman–Crippen MR) is 98.7 cm³/mol. The molecule has 0 bridgehead atoms. The van der Waals surface area contributed by atoms with Crippen LogP contribution in [0, 0.1) is 5.41 Å². The van der Waals surface area contributed by atoms with E-state index in [1.807, 2.05) is 12.1 Å². The van der Waals surface area contributed by atoms with Crippen molar-refractivity contribution in [2.75, 3.05) is 6.61 Å². The van der Waals surface area contributed by atoms with Crippen LogP contribution in [0.3, 0.4) is 0 Å². The van der Waals surface area contributed by atoms with Gasteiger partial charge in [0.1, 0.15) is 0 Å². The summed E-state index contributed by atoms with van der Waals surface area (Å²) in [6.07, 6.45) is 3.36. The Labute approximate surface area is 153 Å². The van der Waals surface area contributed by atoms with E-state index in [0.29, 0.717) is 22.9 Å². The van der Waals surface area contributed by atoms with Crippen molar-refractivity contribution in [3.05, 3.63) is 41.0 Å². The summed E-state index contributed by atoms with van der Waals surface area (Å²) in [5.74, 6) is -0.113. The van der Waals surface area contributed by atoms with Crippen molar-refractivity contribution in [1.82, 2.24) is 15.5 Å². The molecule has 1 amide bonds. The van der Waals surface area contributed by atoms with Gasteiger partial charge in [-0.25, -0.2) is 0 Å². The summed E-state index contributed by atoms with van der Waals surface area (Å²) >= 11 is 5.94. The third kappa shape index (κ3) is 4.22. The maximum absolute atomic E-state index is 12.8. The Kier molecular flexibility index (Phi) is 5.16. The van der Waals surface area contributed by atoms with Crippen LogP contribution in [0.25, 0.3) is 11.3 Å². The van der Waals surface area contributed by atoms with Crippen LogP contribution in [0.15, 0.2) is 30.5 Å². The third-order valence-corrected chi connectivity index (χ3v) is 4.85. The van der Waals surface area contributed by atoms with Gasteiger partial charge in [-0.3, -0.25) is 9.89 Å². The van der Waals surface area contributed by atoms with Gasteiger partial charge in [-0.05, 0) is 30.4 Å². The van der Waals surface area contributed by atoms with Crippen LogP contribution in [0.4, 0.5) is 0 Å². The van der Waals surface area contributed by atoms with Crippen LogP contribution in [0.5, 0.6) is 0 Å². The van der Waals surface area contributed by atoms with E-state index in [2.05, 4.69) is 36.3 Å². The lowest BCUT2D eigenvalue weighted by Gasteiger charge is -2.37. The number of carbonyl (C=O) groups excluding carboxylic acids is 1. The Balaban J connectivity index is 1.72. The fourth-order valence-electron chi connectivity index (χ4n) is 3.09. The third-order valence-electron chi connectivity index (χ3n) is 4.60. The molecule has 2 N–H and O–H groups in total. The monoisotopic (exact) mass is 361 g/mol. The topological polar surface area (TPSA) is 67.0 Å². The van der Waals surface area contributed by atoms with Crippen LogP contribution < -0.4 is 5.32 Å². The molecule has 2 atom stereocenters. The molecule has 0 radical (unpaired) electrons. The second-order valence-electron chi connectivity index (χ2n) is 7.59. The molecule has 5 nitrogen and oxygen atoms in total. The summed E-state index contributed by atoms with van der Waals surface area (Å²) in [6, 6.07) is 7.45. The van der Waals surface area contributed by atoms with E-state index in [1.165, 1.54) is 0 Å². The predicted octanol–water partition coefficient (Wildman–Crippen LogP) is 4.05. The van der Waals surface area contributed by atoms with E-state index in [9.17, 15) is 4.79 Å². The molecule has 1 aromatic heterocycles. The minimum absolute atomic E-state index is 0.0630. The molecular formula is C19H24ClN3O2. The molecule has 2 heterocycles. The van der Waals surface area contributed by atoms with Crippen molar-refractivity contribution in [3.63, 3.8) is 0 Å². The van der Waals surface area contributed by atoms with Gasteiger partial charge in [0.25, 0.3) is 5.91 Å². The molecule has 1 aliphatic heterocycles. The highest BCUT2D eigenvalue weighted by molar-refractivity contribution is 6.30. The molecule has 1 aliphatic rings. The largest absolute Gasteiger partial charge is 0.378 e. The van der Waals surface area contributed by atoms with Crippen molar-refractivity contribution in [1.29, 1.82) is 0 Å². The molecule has 2 aromatic rings. The van der Waals surface area contributed by atoms with Crippen molar-refractivity contribution in [3.8, 4) is 11.3 Å². The number of aromatic nitrogens is 2. The number of rotatable bonds is 3. The molecule has 1 saturated heterocycles. The van der Waals surface area contributed by atoms with E-state index in [0.717, 1.165) is 18.4 Å². The van der Waals surface area contributed by atoms with Gasteiger partial charge in [-0.2, -0.15) is 5.10 Å². The molecule has 0 unspecified atom stereocenters. The molecule has 6 heteroatoms. The fraction of sp³-hybridized carbons (Fsp3) is 0.474. The summed E-state index contributed by atoms with van der Waals surface area (Å²) in [5, 5.41) is 10.8. The lowest BCUT2D eigenvalue weighted by atomic mass is 9.83. The number of aromatic amines is 1. The van der Waals surface area contributed by atoms with Gasteiger partial charge >= 0.3 is 0 Å². The maximum atomic E-state index is 12.8. The number of hydrogen-bond acceptors (Lipinski definition) is 3. The van der Waals surface area contributed by atoms with Crippen molar-refractivity contribution >= 4 is 17.5 Å². The highest BCUT2D eigenvalue weighted by Gasteiger charge is 2.32. The molecule has 1 aromatic carbocycles. The summed E-state index contributed by atoms with van der Waals surface area (Å²) in [7, 11) is 0. The van der Waals surface area contributed by atoms with Crippen LogP contribution in [-0.2, 0) is 4.74 Å². The number of hydrogen-bond donors (Lipinski definition) is 2. The zero-order valence-electron chi connectivity index (χ0n) is 14.8. The molecule has 1 fully saturated rings. The van der Waals surface area contributed by atoms with Gasteiger partial charge in [0.15, 0.2) is 0 Å². The Bertz CT molecular complexity index is 734. The number of amides is 1. The average Bonchev–Trinajstić information content (AvgIpc) is 3.05. The molecular weight excluding hydrogens is 338 g/mol. The van der Waals surface area contributed by atoms with Crippen LogP contribution in [0.1, 0.15) is 44.0 Å². The van der Waals surface area contributed by atoms with Gasteiger partial charge in [0.05, 0.1) is 23.6 Å². The van der Waals surface area contributed by atoms with Gasteiger partial charge in [0.2, 0.25) is 0 Å². The van der Waals surface area contributed by atoms with E-state index in [4.69, 9.17) is 16.3 Å². The first-order valence-electron chi connectivity index (χ1n) is 8.56. The minimum atomic E-state index is -0.113. The highest BCUT2D eigenvalue weighted by atomic mass is 35.5. The lowest BCUT2D eigenvalue weighted by molar-refractivity contribution is -0.0569. The zero-order valence-corrected chi connectivity index (χ0v) is 15.6. The Morgan fingerprint density at radius 3 is 2.72 bits per heavy atom. The maximum Gasteiger partial charge on any atom is 0.255 e. The SMILES string of the molecule is CC(C)(C)[C@@H]1C[C@@H](NC(=O)c2cn[nH]c2-c2ccc(Cl)cc2)CCO1. The van der Waals surface area contributed by atoms with Crippen LogP contribution in [-0.4, -0.2) is 34.9 Å². The van der Waals surface area contributed by atoms with Crippen molar-refractivity contribution in [2.45, 2.75) is 45.8 Å². The van der Waals surface area contributed by atoms with Gasteiger partial charge in [-0.15, -0.1) is 0 Å². The Hall–Kier alpha value is -1.85. The highest BCUT2D eigenvalue weighted by Crippen LogP contribution is 2.30. The van der Waals surface area contributed by atoms with Crippen molar-refractivity contribution in [2.24, 2.45) is 5.41 Å². The summed E-state index contributed by atoms with van der Waals surface area (Å²) in [5.41, 5.74) is 2.19. The van der Waals surface area contributed by atoms with Gasteiger partial charge in [0, 0.05) is 23.2 Å². The van der Waals surface area contributed by atoms with Crippen LogP contribution >= 0.6 is 11.6 Å². The van der Waals surface area contributed by atoms with E-state index in [-0.39, 0.29) is 23.5 Å². The first kappa shape index (κ1) is 18.0. The second kappa shape index (κ2) is 7.18. The van der Waals surface area contributed by atoms with Gasteiger partial charge in [-0.1, -0.05) is 44.5 Å². The van der Waals surface area contributed by atoms with Crippen LogP contribution in [0.2, 0.25) is 5.02 Å². The summed E-state index contributed by atoms with van der Waals surface area (Å²) in [6.45, 7) is 7.16. The summed E-state index contributed by atoms with van der Waals surface area (Å²) in [4.78, 5) is 12.8. The number of benzene rings is 1. The molecule has 0 aliphatic carbocycles. The number of nitrogens with zero attached hydrogens (tertiary/aromatic N) is 1. The number of nitrogens with one attached hydrogen (secondary N) is 2. The minimum Gasteiger partial charge on any atom is -0.378 e. The van der Waals surface area contributed by atoms with Crippen molar-refractivity contribution < 1.29 is 9.53 Å². The standard InChI is InChI=1S/C19H24ClN3O2/c1-19(2,3)16-10-14(8-9-25-16)22-18(24)15-11-21-23-17(15)12-4-6-13(20)7-5-12/h4-7,11,14,16H,8-10H2,1-3H3,(H,21,23)(H,22,24)/t14-,16-/m0/s1. The quantitative estimate of drug-likeness (QED) is 0.866. The van der Waals surface area contributed by atoms with E-state index < -0.39 is 0 Å². The number of ether oxygens (including phenoxy) is 1. The molecule has 134 valence electrons. The van der Waals surface area contributed by atoms with E-state index in [1.54, 1.807) is 18.3 Å². The average molecular weight is 362 g/mol. The summed E-state index contributed by atoms with van der Waals surface area (Å²) < 4.78 is 5.87. The lowest BCUT2D eigenvalue weighted by Crippen LogP contribution is -2.45.